The third-order valence-electron chi connectivity index (χ3n) is 2.77. The fraction of sp³-hybridized carbons (Fsp3) is 0.667. The van der Waals surface area contributed by atoms with E-state index in [4.69, 9.17) is 6.42 Å². The van der Waals surface area contributed by atoms with Crippen molar-refractivity contribution in [2.75, 3.05) is 5.75 Å². The Bertz CT molecular complexity index is 378. The number of terminal acetylenes is 1. The summed E-state index contributed by atoms with van der Waals surface area (Å²) in [6.45, 7) is 1.08. The van der Waals surface area contributed by atoms with E-state index in [-0.39, 0.29) is 0 Å². The van der Waals surface area contributed by atoms with Gasteiger partial charge >= 0.3 is 0 Å². The molecule has 0 radical (unpaired) electrons. The number of rotatable bonds is 4. The summed E-state index contributed by atoms with van der Waals surface area (Å²) in [6, 6.07) is 0. The standard InChI is InChI=1S/C12H17N3S/c1-2-3-7-10-16-12-14-13-11-8-5-4-6-9-15(11)12/h1H,3-10H2. The first-order valence-corrected chi connectivity index (χ1v) is 6.88. The molecule has 2 heterocycles. The molecule has 0 N–H and O–H groups in total. The molecule has 2 rings (SSSR count). The van der Waals surface area contributed by atoms with Crippen molar-refractivity contribution in [1.29, 1.82) is 0 Å². The van der Waals surface area contributed by atoms with E-state index in [1.807, 2.05) is 0 Å². The molecule has 1 aliphatic heterocycles. The zero-order valence-corrected chi connectivity index (χ0v) is 10.3. The van der Waals surface area contributed by atoms with Crippen LogP contribution in [0.4, 0.5) is 0 Å². The van der Waals surface area contributed by atoms with Crippen molar-refractivity contribution in [3.63, 3.8) is 0 Å². The lowest BCUT2D eigenvalue weighted by Gasteiger charge is -2.05. The lowest BCUT2D eigenvalue weighted by atomic mass is 10.2. The van der Waals surface area contributed by atoms with Gasteiger partial charge in [-0.1, -0.05) is 18.2 Å². The number of hydrogen-bond acceptors (Lipinski definition) is 3. The quantitative estimate of drug-likeness (QED) is 0.456. The molecule has 0 amide bonds. The summed E-state index contributed by atoms with van der Waals surface area (Å²) in [6.07, 6.45) is 12.0. The van der Waals surface area contributed by atoms with Crippen LogP contribution in [0.5, 0.6) is 0 Å². The van der Waals surface area contributed by atoms with Crippen molar-refractivity contribution < 1.29 is 0 Å². The minimum Gasteiger partial charge on any atom is -0.306 e. The van der Waals surface area contributed by atoms with Crippen LogP contribution in [0.2, 0.25) is 0 Å². The fourth-order valence-electron chi connectivity index (χ4n) is 1.90. The molecule has 1 aromatic heterocycles. The Hall–Kier alpha value is -0.950. The van der Waals surface area contributed by atoms with E-state index in [9.17, 15) is 0 Å². The highest BCUT2D eigenvalue weighted by Crippen LogP contribution is 2.22. The number of aryl methyl sites for hydroxylation is 1. The van der Waals surface area contributed by atoms with Crippen LogP contribution in [-0.2, 0) is 13.0 Å². The smallest absolute Gasteiger partial charge is 0.191 e. The van der Waals surface area contributed by atoms with Crippen LogP contribution >= 0.6 is 11.8 Å². The molecule has 0 aliphatic carbocycles. The molecule has 0 saturated carbocycles. The lowest BCUT2D eigenvalue weighted by Crippen LogP contribution is -2.02. The van der Waals surface area contributed by atoms with Crippen molar-refractivity contribution in [2.45, 2.75) is 50.2 Å². The molecular weight excluding hydrogens is 218 g/mol. The van der Waals surface area contributed by atoms with Crippen LogP contribution < -0.4 is 0 Å². The minimum absolute atomic E-state index is 0.855. The zero-order valence-electron chi connectivity index (χ0n) is 9.48. The molecule has 0 atom stereocenters. The molecule has 0 saturated heterocycles. The predicted octanol–water partition coefficient (Wildman–Crippen LogP) is 2.51. The van der Waals surface area contributed by atoms with Crippen LogP contribution in [0.3, 0.4) is 0 Å². The highest BCUT2D eigenvalue weighted by molar-refractivity contribution is 7.99. The monoisotopic (exact) mass is 235 g/mol. The first kappa shape index (κ1) is 11.5. The summed E-state index contributed by atoms with van der Waals surface area (Å²) in [5.41, 5.74) is 0. The Morgan fingerprint density at radius 1 is 1.31 bits per heavy atom. The highest BCUT2D eigenvalue weighted by atomic mass is 32.2. The van der Waals surface area contributed by atoms with Gasteiger partial charge in [0, 0.05) is 25.1 Å². The van der Waals surface area contributed by atoms with Crippen LogP contribution in [0, 0.1) is 12.3 Å². The Kier molecular flexibility index (Phi) is 4.29. The fourth-order valence-corrected chi connectivity index (χ4v) is 2.83. The Morgan fingerprint density at radius 2 is 2.25 bits per heavy atom. The van der Waals surface area contributed by atoms with Crippen molar-refractivity contribution in [3.05, 3.63) is 5.82 Å². The van der Waals surface area contributed by atoms with Crippen molar-refractivity contribution in [2.24, 2.45) is 0 Å². The summed E-state index contributed by atoms with van der Waals surface area (Å²) in [7, 11) is 0. The van der Waals surface area contributed by atoms with Gasteiger partial charge in [-0.25, -0.2) is 0 Å². The molecule has 1 aromatic rings. The van der Waals surface area contributed by atoms with E-state index >= 15 is 0 Å². The first-order valence-electron chi connectivity index (χ1n) is 5.90. The summed E-state index contributed by atoms with van der Waals surface area (Å²) >= 11 is 1.78. The van der Waals surface area contributed by atoms with Gasteiger partial charge in [-0.05, 0) is 19.3 Å². The van der Waals surface area contributed by atoms with Gasteiger partial charge in [-0.2, -0.15) is 0 Å². The number of aromatic nitrogens is 3. The second-order valence-electron chi connectivity index (χ2n) is 4.02. The number of nitrogens with zero attached hydrogens (tertiary/aromatic N) is 3. The van der Waals surface area contributed by atoms with Crippen molar-refractivity contribution >= 4 is 11.8 Å². The molecule has 0 spiro atoms. The maximum Gasteiger partial charge on any atom is 0.191 e. The summed E-state index contributed by atoms with van der Waals surface area (Å²) in [4.78, 5) is 0. The zero-order chi connectivity index (χ0) is 11.2. The van der Waals surface area contributed by atoms with Crippen molar-refractivity contribution in [3.8, 4) is 12.3 Å². The molecule has 0 aromatic carbocycles. The van der Waals surface area contributed by atoms with Gasteiger partial charge in [0.1, 0.15) is 5.82 Å². The van der Waals surface area contributed by atoms with Gasteiger partial charge in [-0.15, -0.1) is 22.5 Å². The Labute approximate surface area is 101 Å². The predicted molar refractivity (Wildman–Crippen MR) is 66.4 cm³/mol. The van der Waals surface area contributed by atoms with Gasteiger partial charge < -0.3 is 4.57 Å². The van der Waals surface area contributed by atoms with Crippen LogP contribution in [-0.4, -0.2) is 20.5 Å². The van der Waals surface area contributed by atoms with Gasteiger partial charge in [0.2, 0.25) is 0 Å². The number of fused-ring (bicyclic) bond motifs is 1. The summed E-state index contributed by atoms with van der Waals surface area (Å²) in [5.74, 6) is 4.87. The van der Waals surface area contributed by atoms with E-state index in [1.165, 1.54) is 19.3 Å². The van der Waals surface area contributed by atoms with Gasteiger partial charge in [0.15, 0.2) is 5.16 Å². The molecule has 86 valence electrons. The van der Waals surface area contributed by atoms with Crippen LogP contribution in [0.1, 0.15) is 37.9 Å². The first-order chi connectivity index (χ1) is 7.92. The Balaban J connectivity index is 1.94. The second-order valence-corrected chi connectivity index (χ2v) is 5.08. The van der Waals surface area contributed by atoms with Crippen LogP contribution in [0.25, 0.3) is 0 Å². The van der Waals surface area contributed by atoms with E-state index in [2.05, 4.69) is 20.7 Å². The van der Waals surface area contributed by atoms with E-state index in [1.54, 1.807) is 11.8 Å². The molecule has 16 heavy (non-hydrogen) atoms. The topological polar surface area (TPSA) is 30.7 Å². The van der Waals surface area contributed by atoms with Gasteiger partial charge in [0.25, 0.3) is 0 Å². The molecule has 0 bridgehead atoms. The summed E-state index contributed by atoms with van der Waals surface area (Å²) < 4.78 is 2.29. The SMILES string of the molecule is C#CCCCSc1nnc2n1CCCCC2. The van der Waals surface area contributed by atoms with E-state index in [0.29, 0.717) is 0 Å². The molecular formula is C12H17N3S. The number of thioether (sulfide) groups is 1. The average Bonchev–Trinajstić information content (AvgIpc) is 2.54. The minimum atomic E-state index is 0.855. The molecule has 3 nitrogen and oxygen atoms in total. The maximum absolute atomic E-state index is 5.23. The highest BCUT2D eigenvalue weighted by Gasteiger charge is 2.14. The van der Waals surface area contributed by atoms with E-state index < -0.39 is 0 Å². The number of unbranched alkanes of at least 4 members (excludes halogenated alkanes) is 1. The van der Waals surface area contributed by atoms with Crippen molar-refractivity contribution in [1.82, 2.24) is 14.8 Å². The third kappa shape index (κ3) is 2.79. The van der Waals surface area contributed by atoms with Crippen LogP contribution in [0.15, 0.2) is 5.16 Å². The average molecular weight is 235 g/mol. The third-order valence-corrected chi connectivity index (χ3v) is 3.83. The number of hydrogen-bond donors (Lipinski definition) is 0. The maximum atomic E-state index is 5.23. The lowest BCUT2D eigenvalue weighted by molar-refractivity contribution is 0.591. The summed E-state index contributed by atoms with van der Waals surface area (Å²) in [5, 5.41) is 9.61. The van der Waals surface area contributed by atoms with Gasteiger partial charge in [-0.3, -0.25) is 0 Å². The molecule has 0 fully saturated rings. The van der Waals surface area contributed by atoms with Gasteiger partial charge in [0.05, 0.1) is 0 Å². The molecule has 1 aliphatic rings. The van der Waals surface area contributed by atoms with E-state index in [0.717, 1.165) is 42.5 Å². The Morgan fingerprint density at radius 3 is 3.12 bits per heavy atom. The normalized spacial score (nSPS) is 15.2. The second kappa shape index (κ2) is 5.95. The largest absolute Gasteiger partial charge is 0.306 e. The molecule has 4 heteroatoms. The molecule has 0 unspecified atom stereocenters.